The van der Waals surface area contributed by atoms with Gasteiger partial charge in [-0.1, -0.05) is 414 Å². The van der Waals surface area contributed by atoms with Gasteiger partial charge < -0.3 is 28.2 Å². The van der Waals surface area contributed by atoms with E-state index in [9.17, 15) is 0 Å². The molecule has 9 heteroatoms. The number of halogens is 2. The molecule has 0 aliphatic heterocycles. The lowest BCUT2D eigenvalue weighted by Gasteiger charge is -2.14. The molecular formula is C141H96BBr2N3O3. The molecule has 0 spiro atoms. The van der Waals surface area contributed by atoms with E-state index in [0.717, 1.165) is 50.3 Å². The topological polar surface area (TPSA) is 68.4 Å². The Kier molecular flexibility index (Phi) is 24.5. The van der Waals surface area contributed by atoms with Gasteiger partial charge in [0, 0.05) is 69.1 Å². The lowest BCUT2D eigenvalue weighted by Crippen LogP contribution is -2.29. The van der Waals surface area contributed by atoms with Crippen LogP contribution in [-0.4, -0.2) is 30.9 Å². The summed E-state index contributed by atoms with van der Waals surface area (Å²) in [4.78, 5) is 0. The monoisotopic (exact) mass is 2050 g/mol. The second-order valence-corrected chi connectivity index (χ2v) is 40.8. The van der Waals surface area contributed by atoms with Gasteiger partial charge in [-0.2, -0.15) is 0 Å². The van der Waals surface area contributed by atoms with E-state index in [4.69, 9.17) is 14.5 Å². The SMILES string of the molecule is Brc1ccc2c(c1)c1ccccc1n2-c1cc(-c2ccccc2)cc(-c2ccccc2)c1.Brc1ccc2oc3ccccc3c2c1.OB(O)c1ccc2c(c1)-c1ccccc1C2.c1ccc(-c2cc(-c3ccccc3)cc(-n3c4ccccc4c4cc(-c5ccc6c(c5)-c5ccccc5C6)ccc43)c2)cc1.c1ccc(-c2cc(-c3ccccc3)cc(-n3c4ccccc4c4cc(-c5ccc6c(c5)-c5ccccc5C6)ccc43)c2)cc1. The minimum absolute atomic E-state index is 0.551. The summed E-state index contributed by atoms with van der Waals surface area (Å²) in [5.74, 6) is 0. The summed E-state index contributed by atoms with van der Waals surface area (Å²) in [5.41, 5.74) is 48.8. The molecule has 6 nitrogen and oxygen atoms in total. The molecule has 23 aromatic carbocycles. The number of para-hydroxylation sites is 4. The summed E-state index contributed by atoms with van der Waals surface area (Å²) in [7, 11) is -1.39. The second kappa shape index (κ2) is 39.9. The fraction of sp³-hybridized carbons (Fsp3) is 0.0213. The van der Waals surface area contributed by atoms with Gasteiger partial charge in [0.1, 0.15) is 11.2 Å². The molecule has 3 aliphatic rings. The average molecular weight is 2050 g/mol. The number of hydrogen-bond acceptors (Lipinski definition) is 3. The summed E-state index contributed by atoms with van der Waals surface area (Å²) < 4.78 is 15.1. The first kappa shape index (κ1) is 92.1. The van der Waals surface area contributed by atoms with Gasteiger partial charge in [-0.05, 0) is 332 Å². The van der Waals surface area contributed by atoms with E-state index in [2.05, 4.69) is 519 Å². The van der Waals surface area contributed by atoms with Crippen LogP contribution in [0.1, 0.15) is 33.4 Å². The average Bonchev–Trinajstić information content (AvgIpc) is 1.59. The van der Waals surface area contributed by atoms with Crippen LogP contribution < -0.4 is 5.46 Å². The minimum Gasteiger partial charge on any atom is -0.456 e. The van der Waals surface area contributed by atoms with Crippen LogP contribution in [0.25, 0.3) is 227 Å². The van der Waals surface area contributed by atoms with E-state index in [1.807, 2.05) is 54.6 Å². The van der Waals surface area contributed by atoms with Crippen molar-refractivity contribution in [3.63, 3.8) is 0 Å². The minimum atomic E-state index is -1.39. The van der Waals surface area contributed by atoms with E-state index in [1.54, 1.807) is 6.07 Å². The zero-order valence-electron chi connectivity index (χ0n) is 81.9. The van der Waals surface area contributed by atoms with E-state index in [-0.39, 0.29) is 0 Å². The van der Waals surface area contributed by atoms with Gasteiger partial charge >= 0.3 is 7.12 Å². The Bertz CT molecular complexity index is 9350. The highest BCUT2D eigenvalue weighted by atomic mass is 79.9. The maximum Gasteiger partial charge on any atom is 0.488 e. The first-order valence-corrected chi connectivity index (χ1v) is 52.7. The van der Waals surface area contributed by atoms with Crippen molar-refractivity contribution < 1.29 is 14.5 Å². The van der Waals surface area contributed by atoms with Gasteiger partial charge in [-0.3, -0.25) is 0 Å². The third kappa shape index (κ3) is 17.7. The molecule has 30 rings (SSSR count). The van der Waals surface area contributed by atoms with Crippen LogP contribution >= 0.6 is 31.9 Å². The van der Waals surface area contributed by atoms with Crippen LogP contribution in [0.2, 0.25) is 0 Å². The molecule has 3 aliphatic carbocycles. The smallest absolute Gasteiger partial charge is 0.456 e. The number of fused-ring (bicyclic) bond motifs is 21. The van der Waals surface area contributed by atoms with E-state index < -0.39 is 7.12 Å². The number of nitrogens with zero attached hydrogens (tertiary/aromatic N) is 3. The van der Waals surface area contributed by atoms with E-state index in [0.29, 0.717) is 5.46 Å². The van der Waals surface area contributed by atoms with Crippen LogP contribution in [0.15, 0.2) is 547 Å². The highest BCUT2D eigenvalue weighted by molar-refractivity contribution is 9.10. The van der Waals surface area contributed by atoms with Gasteiger partial charge in [0.2, 0.25) is 0 Å². The predicted molar refractivity (Wildman–Crippen MR) is 636 cm³/mol. The summed E-state index contributed by atoms with van der Waals surface area (Å²) in [6.07, 6.45) is 2.98. The Morgan fingerprint density at radius 3 is 0.800 bits per heavy atom. The summed E-state index contributed by atoms with van der Waals surface area (Å²) in [6.45, 7) is 0. The maximum atomic E-state index is 9.16. The number of aromatic nitrogens is 3. The van der Waals surface area contributed by atoms with Crippen molar-refractivity contribution in [1.82, 2.24) is 13.7 Å². The molecule has 0 amide bonds. The molecule has 0 atom stereocenters. The predicted octanol–water partition coefficient (Wildman–Crippen LogP) is 36.9. The van der Waals surface area contributed by atoms with Crippen LogP contribution in [0.3, 0.4) is 0 Å². The van der Waals surface area contributed by atoms with Gasteiger partial charge in [0.15, 0.2) is 0 Å². The molecule has 4 aromatic heterocycles. The largest absolute Gasteiger partial charge is 0.488 e. The molecule has 0 bridgehead atoms. The third-order valence-electron chi connectivity index (χ3n) is 29.9. The van der Waals surface area contributed by atoms with Crippen LogP contribution in [0.4, 0.5) is 0 Å². The quantitative estimate of drug-likeness (QED) is 0.120. The molecular weight excluding hydrogens is 1950 g/mol. The molecule has 4 heterocycles. The molecule has 2 N–H and O–H groups in total. The molecule has 27 aromatic rings. The normalized spacial score (nSPS) is 11.8. The number of benzene rings is 23. The van der Waals surface area contributed by atoms with Gasteiger partial charge in [-0.25, -0.2) is 0 Å². The lowest BCUT2D eigenvalue weighted by molar-refractivity contribution is 0.426. The molecule has 710 valence electrons. The molecule has 0 saturated heterocycles. The number of hydrogen-bond donors (Lipinski definition) is 2. The maximum absolute atomic E-state index is 9.16. The van der Waals surface area contributed by atoms with Crippen molar-refractivity contribution in [1.29, 1.82) is 0 Å². The Morgan fingerprint density at radius 1 is 0.173 bits per heavy atom. The van der Waals surface area contributed by atoms with Crippen molar-refractivity contribution in [2.45, 2.75) is 19.3 Å². The number of rotatable bonds is 12. The Labute approximate surface area is 887 Å². The molecule has 0 fully saturated rings. The van der Waals surface area contributed by atoms with Crippen LogP contribution in [-0.2, 0) is 19.3 Å². The summed E-state index contributed by atoms with van der Waals surface area (Å²) in [5, 5.41) is 28.2. The Balaban J connectivity index is 0.000000100. The second-order valence-electron chi connectivity index (χ2n) is 39.0. The molecule has 0 radical (unpaired) electrons. The van der Waals surface area contributed by atoms with E-state index in [1.165, 1.54) is 238 Å². The van der Waals surface area contributed by atoms with Crippen LogP contribution in [0.5, 0.6) is 0 Å². The van der Waals surface area contributed by atoms with Crippen molar-refractivity contribution in [3.05, 3.63) is 576 Å². The highest BCUT2D eigenvalue weighted by Crippen LogP contribution is 2.48. The highest BCUT2D eigenvalue weighted by Gasteiger charge is 2.27. The molecule has 0 unspecified atom stereocenters. The fourth-order valence-electron chi connectivity index (χ4n) is 22.7. The van der Waals surface area contributed by atoms with E-state index >= 15 is 0 Å². The fourth-order valence-corrected chi connectivity index (χ4v) is 23.4. The standard InChI is InChI=1S/2C43H29N.C30H20BrN.C13H11BO2.C12H7BrO/c2*1-3-11-29(12-4-1)35-24-36(30-13-5-2-6-14-30)26-37(25-35)44-42-18-10-9-17-39(42)41-28-32(21-22-43(41)44)31-19-20-34-23-33-15-7-8-16-38(33)40(34)27-31;31-25-15-16-30-28(20-25)27-13-7-8-14-29(27)32(30)26-18-23(21-9-3-1-4-10-21)17-24(19-26)22-11-5-2-6-12-22;15-14(16)11-6-5-10-7-9-3-1-2-4-12(9)13(10)8-11;13-8-5-6-12-10(7-8)9-3-1-2-4-11(9)14-12/h2*1-22,24-28H,23H2;1-20H;1-6,8,15-16H,7H2;1-7H. The molecule has 0 saturated carbocycles. The van der Waals surface area contributed by atoms with Crippen molar-refractivity contribution in [2.75, 3.05) is 0 Å². The molecule has 150 heavy (non-hydrogen) atoms. The third-order valence-corrected chi connectivity index (χ3v) is 30.9. The van der Waals surface area contributed by atoms with Crippen molar-refractivity contribution >= 4 is 132 Å². The summed E-state index contributed by atoms with van der Waals surface area (Å²) in [6, 6.07) is 191. The van der Waals surface area contributed by atoms with Crippen LogP contribution in [0, 0.1) is 0 Å². The van der Waals surface area contributed by atoms with Crippen molar-refractivity contribution in [2.24, 2.45) is 0 Å². The Morgan fingerprint density at radius 2 is 0.433 bits per heavy atom. The van der Waals surface area contributed by atoms with Crippen molar-refractivity contribution in [3.8, 4) is 139 Å². The van der Waals surface area contributed by atoms with Gasteiger partial charge in [0.25, 0.3) is 0 Å². The zero-order valence-corrected chi connectivity index (χ0v) is 85.1. The number of furan rings is 1. The zero-order chi connectivity index (χ0) is 100. The summed E-state index contributed by atoms with van der Waals surface area (Å²) >= 11 is 7.12. The van der Waals surface area contributed by atoms with Gasteiger partial charge in [0.05, 0.1) is 33.1 Å². The first-order chi connectivity index (χ1) is 74.0. The van der Waals surface area contributed by atoms with Gasteiger partial charge in [-0.15, -0.1) is 0 Å². The lowest BCUT2D eigenvalue weighted by atomic mass is 9.79. The first-order valence-electron chi connectivity index (χ1n) is 51.1. The Hall–Kier alpha value is -17.8.